The number of hydrogen-bond donors (Lipinski definition) is 0. The van der Waals surface area contributed by atoms with Gasteiger partial charge >= 0.3 is 0 Å². The van der Waals surface area contributed by atoms with Crippen molar-refractivity contribution in [1.82, 2.24) is 0 Å². The Labute approximate surface area is 60.4 Å². The Morgan fingerprint density at radius 1 is 1.44 bits per heavy atom. The smallest absolute Gasteiger partial charge is 0.117 e. The van der Waals surface area contributed by atoms with E-state index in [1.807, 2.05) is 0 Å². The molecular weight excluding hydrogens is 139 g/mol. The summed E-state index contributed by atoms with van der Waals surface area (Å²) in [4.78, 5) is 0. The van der Waals surface area contributed by atoms with E-state index in [1.165, 1.54) is 0 Å². The third-order valence-electron chi connectivity index (χ3n) is 1.96. The van der Waals surface area contributed by atoms with Crippen molar-refractivity contribution in [2.45, 2.75) is 37.7 Å². The summed E-state index contributed by atoms with van der Waals surface area (Å²) in [6.07, 6.45) is 1.85. The second-order valence-electron chi connectivity index (χ2n) is 2.95. The average Bonchev–Trinajstić information content (AvgIpc) is 1.80. The van der Waals surface area contributed by atoms with Crippen LogP contribution in [0.4, 0.5) is 4.39 Å². The molecule has 1 aliphatic rings. The molecule has 0 saturated heterocycles. The summed E-state index contributed by atoms with van der Waals surface area (Å²) in [6.45, 7) is 2.08. The molecule has 54 valence electrons. The summed E-state index contributed by atoms with van der Waals surface area (Å²) >= 11 is 5.66. The molecule has 0 aliphatic heterocycles. The van der Waals surface area contributed by atoms with Crippen molar-refractivity contribution >= 4 is 11.6 Å². The van der Waals surface area contributed by atoms with E-state index in [1.54, 1.807) is 0 Å². The second kappa shape index (κ2) is 2.87. The predicted octanol–water partition coefficient (Wildman–Crippen LogP) is 2.75. The third kappa shape index (κ3) is 1.82. The predicted molar refractivity (Wildman–Crippen MR) is 37.6 cm³/mol. The number of alkyl halides is 2. The van der Waals surface area contributed by atoms with Gasteiger partial charge in [-0.15, -0.1) is 11.6 Å². The molecule has 2 heteroatoms. The molecule has 0 aromatic heterocycles. The van der Waals surface area contributed by atoms with Crippen LogP contribution in [0.5, 0.6) is 0 Å². The van der Waals surface area contributed by atoms with Crippen LogP contribution in [0.15, 0.2) is 0 Å². The van der Waals surface area contributed by atoms with E-state index in [9.17, 15) is 4.39 Å². The van der Waals surface area contributed by atoms with Crippen molar-refractivity contribution < 1.29 is 4.39 Å². The van der Waals surface area contributed by atoms with E-state index in [2.05, 4.69) is 6.92 Å². The van der Waals surface area contributed by atoms with Crippen molar-refractivity contribution in [2.75, 3.05) is 0 Å². The van der Waals surface area contributed by atoms with Crippen molar-refractivity contribution in [3.05, 3.63) is 0 Å². The van der Waals surface area contributed by atoms with Gasteiger partial charge in [-0.25, -0.2) is 4.39 Å². The fourth-order valence-corrected chi connectivity index (χ4v) is 1.50. The van der Waals surface area contributed by atoms with Gasteiger partial charge in [0.2, 0.25) is 0 Å². The van der Waals surface area contributed by atoms with Crippen LogP contribution in [0.2, 0.25) is 0 Å². The zero-order chi connectivity index (χ0) is 6.85. The Balaban J connectivity index is 2.35. The van der Waals surface area contributed by atoms with Gasteiger partial charge in [0.1, 0.15) is 6.17 Å². The maximum atomic E-state index is 12.7. The lowest BCUT2D eigenvalue weighted by Crippen LogP contribution is -2.25. The lowest BCUT2D eigenvalue weighted by Gasteiger charge is -2.25. The molecule has 1 aliphatic carbocycles. The van der Waals surface area contributed by atoms with Gasteiger partial charge in [0.05, 0.1) is 5.38 Å². The summed E-state index contributed by atoms with van der Waals surface area (Å²) in [6, 6.07) is 0. The molecule has 0 bridgehead atoms. The van der Waals surface area contributed by atoms with Gasteiger partial charge in [0.15, 0.2) is 0 Å². The summed E-state index contributed by atoms with van der Waals surface area (Å²) < 4.78 is 12.7. The monoisotopic (exact) mass is 150 g/mol. The first kappa shape index (κ1) is 7.33. The van der Waals surface area contributed by atoms with Crippen LogP contribution in [0.1, 0.15) is 26.2 Å². The highest BCUT2D eigenvalue weighted by Crippen LogP contribution is 2.29. The standard InChI is InChI=1S/C7H12ClF/c1-5-2-3-6(8)7(9)4-5/h5-7H,2-4H2,1H3. The van der Waals surface area contributed by atoms with Gasteiger partial charge in [0, 0.05) is 0 Å². The SMILES string of the molecule is CC1CCC(Cl)C(F)C1. The molecule has 3 atom stereocenters. The van der Waals surface area contributed by atoms with E-state index < -0.39 is 6.17 Å². The molecule has 3 unspecified atom stereocenters. The molecule has 1 fully saturated rings. The fraction of sp³-hybridized carbons (Fsp3) is 1.00. The van der Waals surface area contributed by atoms with Crippen LogP contribution in [0.25, 0.3) is 0 Å². The Morgan fingerprint density at radius 2 is 2.11 bits per heavy atom. The molecule has 0 heterocycles. The minimum atomic E-state index is -0.754. The summed E-state index contributed by atoms with van der Waals surface area (Å²) in [5.41, 5.74) is 0. The van der Waals surface area contributed by atoms with Crippen LogP contribution in [0.3, 0.4) is 0 Å². The molecule has 9 heavy (non-hydrogen) atoms. The average molecular weight is 151 g/mol. The van der Waals surface area contributed by atoms with Gasteiger partial charge < -0.3 is 0 Å². The highest BCUT2D eigenvalue weighted by molar-refractivity contribution is 6.21. The number of rotatable bonds is 0. The van der Waals surface area contributed by atoms with E-state index in [-0.39, 0.29) is 5.38 Å². The Hall–Kier alpha value is 0.220. The van der Waals surface area contributed by atoms with Gasteiger partial charge in [0.25, 0.3) is 0 Å². The van der Waals surface area contributed by atoms with Gasteiger partial charge in [-0.1, -0.05) is 6.92 Å². The van der Waals surface area contributed by atoms with Gasteiger partial charge in [-0.05, 0) is 25.2 Å². The van der Waals surface area contributed by atoms with Crippen LogP contribution >= 0.6 is 11.6 Å². The van der Waals surface area contributed by atoms with Crippen LogP contribution < -0.4 is 0 Å². The summed E-state index contributed by atoms with van der Waals surface area (Å²) in [5, 5.41) is -0.207. The lowest BCUT2D eigenvalue weighted by atomic mass is 9.89. The van der Waals surface area contributed by atoms with E-state index in [4.69, 9.17) is 11.6 Å². The zero-order valence-electron chi connectivity index (χ0n) is 5.61. The van der Waals surface area contributed by atoms with Gasteiger partial charge in [-0.2, -0.15) is 0 Å². The minimum Gasteiger partial charge on any atom is -0.246 e. The second-order valence-corrected chi connectivity index (χ2v) is 3.51. The van der Waals surface area contributed by atoms with Crippen molar-refractivity contribution in [1.29, 1.82) is 0 Å². The highest BCUT2D eigenvalue weighted by atomic mass is 35.5. The Kier molecular flexibility index (Phi) is 2.34. The summed E-state index contributed by atoms with van der Waals surface area (Å²) in [5.74, 6) is 0.537. The molecule has 1 saturated carbocycles. The molecule has 0 radical (unpaired) electrons. The number of halogens is 2. The van der Waals surface area contributed by atoms with Crippen LogP contribution in [-0.4, -0.2) is 11.5 Å². The minimum absolute atomic E-state index is 0.207. The molecule has 0 aromatic rings. The van der Waals surface area contributed by atoms with E-state index in [0.29, 0.717) is 12.3 Å². The van der Waals surface area contributed by atoms with Crippen molar-refractivity contribution in [3.63, 3.8) is 0 Å². The highest BCUT2D eigenvalue weighted by Gasteiger charge is 2.26. The van der Waals surface area contributed by atoms with Crippen molar-refractivity contribution in [3.8, 4) is 0 Å². The molecule has 0 N–H and O–H groups in total. The molecule has 0 amide bonds. The lowest BCUT2D eigenvalue weighted by molar-refractivity contribution is 0.213. The molecular formula is C7H12ClF. The normalized spacial score (nSPS) is 45.0. The molecule has 0 aromatic carbocycles. The largest absolute Gasteiger partial charge is 0.246 e. The number of hydrogen-bond acceptors (Lipinski definition) is 0. The van der Waals surface area contributed by atoms with Crippen LogP contribution in [0, 0.1) is 5.92 Å². The van der Waals surface area contributed by atoms with E-state index >= 15 is 0 Å². The first-order valence-electron chi connectivity index (χ1n) is 3.48. The van der Waals surface area contributed by atoms with E-state index in [0.717, 1.165) is 12.8 Å². The first-order valence-corrected chi connectivity index (χ1v) is 3.92. The first-order chi connectivity index (χ1) is 4.20. The Morgan fingerprint density at radius 3 is 2.56 bits per heavy atom. The fourth-order valence-electron chi connectivity index (χ4n) is 1.27. The third-order valence-corrected chi connectivity index (χ3v) is 2.45. The topological polar surface area (TPSA) is 0 Å². The quantitative estimate of drug-likeness (QED) is 0.466. The molecule has 0 spiro atoms. The van der Waals surface area contributed by atoms with Crippen molar-refractivity contribution in [2.24, 2.45) is 5.92 Å². The maximum absolute atomic E-state index is 12.7. The molecule has 1 rings (SSSR count). The molecule has 0 nitrogen and oxygen atoms in total. The zero-order valence-corrected chi connectivity index (χ0v) is 6.37. The summed E-state index contributed by atoms with van der Waals surface area (Å²) in [7, 11) is 0. The maximum Gasteiger partial charge on any atom is 0.117 e. The van der Waals surface area contributed by atoms with Crippen LogP contribution in [-0.2, 0) is 0 Å². The Bertz CT molecular complexity index is 94.9. The van der Waals surface area contributed by atoms with Gasteiger partial charge in [-0.3, -0.25) is 0 Å².